The second kappa shape index (κ2) is 7.24. The van der Waals surface area contributed by atoms with Gasteiger partial charge in [0.05, 0.1) is 0 Å². The van der Waals surface area contributed by atoms with Crippen LogP contribution in [0.4, 0.5) is 13.2 Å². The Morgan fingerprint density at radius 3 is 1.78 bits per heavy atom. The summed E-state index contributed by atoms with van der Waals surface area (Å²) >= 11 is 0. The molecule has 32 heavy (non-hydrogen) atoms. The minimum atomic E-state index is -5.78. The maximum Gasteiger partial charge on any atom is 0.534 e. The molecule has 0 aliphatic rings. The fourth-order valence-electron chi connectivity index (χ4n) is 4.02. The molecule has 0 bridgehead atoms. The van der Waals surface area contributed by atoms with Crippen LogP contribution in [0.1, 0.15) is 0 Å². The monoisotopic (exact) mass is 452 g/mol. The zero-order valence-electron chi connectivity index (χ0n) is 16.4. The normalized spacial score (nSPS) is 12.5. The van der Waals surface area contributed by atoms with Crippen molar-refractivity contribution in [1.82, 2.24) is 0 Å². The van der Waals surface area contributed by atoms with Crippen LogP contribution in [-0.4, -0.2) is 13.9 Å². The minimum Gasteiger partial charge on any atom is -0.375 e. The summed E-state index contributed by atoms with van der Waals surface area (Å²) < 4.78 is 66.3. The van der Waals surface area contributed by atoms with Crippen LogP contribution in [0.5, 0.6) is 5.75 Å². The van der Waals surface area contributed by atoms with Crippen molar-refractivity contribution in [2.45, 2.75) is 5.51 Å². The Labute approximate surface area is 181 Å². The van der Waals surface area contributed by atoms with Crippen molar-refractivity contribution in [3.05, 3.63) is 91.0 Å². The van der Waals surface area contributed by atoms with E-state index in [1.165, 1.54) is 6.07 Å². The number of benzene rings is 5. The maximum absolute atomic E-state index is 12.9. The van der Waals surface area contributed by atoms with Gasteiger partial charge in [0, 0.05) is 5.39 Å². The van der Waals surface area contributed by atoms with Gasteiger partial charge < -0.3 is 4.18 Å². The molecule has 0 heterocycles. The summed E-state index contributed by atoms with van der Waals surface area (Å²) in [6.07, 6.45) is 0. The first kappa shape index (κ1) is 20.3. The maximum atomic E-state index is 12.9. The Morgan fingerprint density at radius 2 is 1.12 bits per heavy atom. The van der Waals surface area contributed by atoms with E-state index < -0.39 is 15.6 Å². The van der Waals surface area contributed by atoms with E-state index in [1.54, 1.807) is 30.3 Å². The highest BCUT2D eigenvalue weighted by molar-refractivity contribution is 7.88. The van der Waals surface area contributed by atoms with Crippen LogP contribution in [0.15, 0.2) is 91.0 Å². The van der Waals surface area contributed by atoms with E-state index in [0.717, 1.165) is 32.7 Å². The SMILES string of the molecule is O=S(=O)(Oc1ccc(-c2cc3ccccc3c3ccccc23)c2ccccc12)C(F)(F)F. The van der Waals surface area contributed by atoms with Crippen molar-refractivity contribution in [2.75, 3.05) is 0 Å². The average molecular weight is 452 g/mol. The van der Waals surface area contributed by atoms with Crippen LogP contribution in [0.25, 0.3) is 43.4 Å². The molecule has 0 amide bonds. The van der Waals surface area contributed by atoms with E-state index in [2.05, 4.69) is 4.18 Å². The first-order chi connectivity index (χ1) is 15.3. The minimum absolute atomic E-state index is 0.273. The molecule has 5 aromatic rings. The van der Waals surface area contributed by atoms with Gasteiger partial charge in [0.25, 0.3) is 0 Å². The van der Waals surface area contributed by atoms with E-state index in [1.807, 2.05) is 54.6 Å². The van der Waals surface area contributed by atoms with E-state index in [0.29, 0.717) is 5.39 Å². The number of rotatable bonds is 3. The van der Waals surface area contributed by atoms with Crippen molar-refractivity contribution >= 4 is 42.4 Å². The average Bonchev–Trinajstić information content (AvgIpc) is 2.78. The van der Waals surface area contributed by atoms with Crippen LogP contribution < -0.4 is 4.18 Å². The lowest BCUT2D eigenvalue weighted by Gasteiger charge is -2.16. The molecule has 5 aromatic carbocycles. The van der Waals surface area contributed by atoms with Gasteiger partial charge in [0.15, 0.2) is 5.75 Å². The molecule has 0 aromatic heterocycles. The van der Waals surface area contributed by atoms with Crippen LogP contribution in [0, 0.1) is 0 Å². The standard InChI is InChI=1S/C25H15F3O3S/c26-25(27,28)32(29,30)31-24-14-13-21(19-10-5-6-12-22(19)24)23-15-16-7-1-2-8-17(16)18-9-3-4-11-20(18)23/h1-15H. The molecule has 0 spiro atoms. The molecule has 7 heteroatoms. The molecule has 0 N–H and O–H groups in total. The topological polar surface area (TPSA) is 43.4 Å². The summed E-state index contributed by atoms with van der Waals surface area (Å²) in [5.41, 5.74) is -3.86. The van der Waals surface area contributed by atoms with E-state index >= 15 is 0 Å². The Hall–Kier alpha value is -3.58. The van der Waals surface area contributed by atoms with Crippen molar-refractivity contribution in [2.24, 2.45) is 0 Å². The molecular weight excluding hydrogens is 437 g/mol. The van der Waals surface area contributed by atoms with Crippen molar-refractivity contribution in [3.63, 3.8) is 0 Å². The molecule has 0 radical (unpaired) electrons. The second-order valence-corrected chi connectivity index (χ2v) is 8.87. The van der Waals surface area contributed by atoms with E-state index in [-0.39, 0.29) is 11.1 Å². The second-order valence-electron chi connectivity index (χ2n) is 7.33. The van der Waals surface area contributed by atoms with E-state index in [9.17, 15) is 21.6 Å². The van der Waals surface area contributed by atoms with Crippen molar-refractivity contribution < 1.29 is 25.8 Å². The highest BCUT2D eigenvalue weighted by Gasteiger charge is 2.48. The number of hydrogen-bond donors (Lipinski definition) is 0. The highest BCUT2D eigenvalue weighted by atomic mass is 32.2. The Kier molecular flexibility index (Phi) is 4.60. The summed E-state index contributed by atoms with van der Waals surface area (Å²) in [5, 5.41) is 4.99. The van der Waals surface area contributed by atoms with Crippen molar-refractivity contribution in [3.8, 4) is 16.9 Å². The highest BCUT2D eigenvalue weighted by Crippen LogP contribution is 2.41. The molecule has 0 atom stereocenters. The summed E-state index contributed by atoms with van der Waals surface area (Å²) in [6, 6.07) is 27.4. The Morgan fingerprint density at radius 1 is 0.594 bits per heavy atom. The summed E-state index contributed by atoms with van der Waals surface area (Å²) in [4.78, 5) is 0. The van der Waals surface area contributed by atoms with Gasteiger partial charge in [-0.15, -0.1) is 0 Å². The van der Waals surface area contributed by atoms with Gasteiger partial charge in [0.2, 0.25) is 0 Å². The Bertz CT molecular complexity index is 1610. The third kappa shape index (κ3) is 3.26. The smallest absolute Gasteiger partial charge is 0.375 e. The van der Waals surface area contributed by atoms with Gasteiger partial charge in [-0.2, -0.15) is 21.6 Å². The predicted molar refractivity (Wildman–Crippen MR) is 120 cm³/mol. The third-order valence-electron chi connectivity index (χ3n) is 5.43. The fourth-order valence-corrected chi connectivity index (χ4v) is 4.50. The largest absolute Gasteiger partial charge is 0.534 e. The molecule has 0 unspecified atom stereocenters. The summed E-state index contributed by atoms with van der Waals surface area (Å²) in [7, 11) is -5.78. The van der Waals surface area contributed by atoms with Crippen molar-refractivity contribution in [1.29, 1.82) is 0 Å². The lowest BCUT2D eigenvalue weighted by molar-refractivity contribution is -0.0499. The molecule has 0 aliphatic carbocycles. The first-order valence-electron chi connectivity index (χ1n) is 9.70. The molecule has 0 saturated carbocycles. The third-order valence-corrected chi connectivity index (χ3v) is 6.39. The molecule has 0 aliphatic heterocycles. The fraction of sp³-hybridized carbons (Fsp3) is 0.0400. The molecular formula is C25H15F3O3S. The Balaban J connectivity index is 1.79. The van der Waals surface area contributed by atoms with Gasteiger partial charge in [-0.05, 0) is 56.3 Å². The van der Waals surface area contributed by atoms with Crippen LogP contribution in [0.3, 0.4) is 0 Å². The lowest BCUT2D eigenvalue weighted by Crippen LogP contribution is -2.28. The first-order valence-corrected chi connectivity index (χ1v) is 11.1. The number of halogens is 3. The molecule has 3 nitrogen and oxygen atoms in total. The number of fused-ring (bicyclic) bond motifs is 4. The molecule has 160 valence electrons. The van der Waals surface area contributed by atoms with Crippen LogP contribution in [0.2, 0.25) is 0 Å². The van der Waals surface area contributed by atoms with Crippen LogP contribution >= 0.6 is 0 Å². The zero-order chi connectivity index (χ0) is 22.5. The van der Waals surface area contributed by atoms with Gasteiger partial charge >= 0.3 is 15.6 Å². The summed E-state index contributed by atoms with van der Waals surface area (Å²) in [6.45, 7) is 0. The molecule has 0 fully saturated rings. The molecule has 5 rings (SSSR count). The van der Waals surface area contributed by atoms with E-state index in [4.69, 9.17) is 0 Å². The molecule has 0 saturated heterocycles. The predicted octanol–water partition coefficient (Wildman–Crippen LogP) is 7.04. The van der Waals surface area contributed by atoms with Gasteiger partial charge in [-0.3, -0.25) is 0 Å². The zero-order valence-corrected chi connectivity index (χ0v) is 17.2. The van der Waals surface area contributed by atoms with Gasteiger partial charge in [-0.1, -0.05) is 72.8 Å². The quantitative estimate of drug-likeness (QED) is 0.167. The van der Waals surface area contributed by atoms with Gasteiger partial charge in [0.1, 0.15) is 0 Å². The van der Waals surface area contributed by atoms with Gasteiger partial charge in [-0.25, -0.2) is 0 Å². The number of hydrogen-bond acceptors (Lipinski definition) is 3. The lowest BCUT2D eigenvalue weighted by atomic mass is 9.90. The number of alkyl halides is 3. The van der Waals surface area contributed by atoms with Crippen LogP contribution in [-0.2, 0) is 10.1 Å². The summed E-state index contributed by atoms with van der Waals surface area (Å²) in [5.74, 6) is -0.369.